The number of urea groups is 1. The third kappa shape index (κ3) is 5.62. The largest absolute Gasteiger partial charge is 0.493 e. The highest BCUT2D eigenvalue weighted by molar-refractivity contribution is 6.31. The molecule has 1 aromatic heterocycles. The number of carbonyl (C=O) groups excluding carboxylic acids is 2. The lowest BCUT2D eigenvalue weighted by Crippen LogP contribution is -2.61. The Hall–Kier alpha value is -3.16. The number of hydrogen-bond acceptors (Lipinski definition) is 5. The van der Waals surface area contributed by atoms with E-state index in [0.29, 0.717) is 66.2 Å². The maximum Gasteiger partial charge on any atom is 0.326 e. The molecular weight excluding hydrogens is 583 g/mol. The average molecular weight is 624 g/mol. The Bertz CT molecular complexity index is 1500. The van der Waals surface area contributed by atoms with E-state index >= 15 is 0 Å². The third-order valence-electron chi connectivity index (χ3n) is 9.12. The normalized spacial score (nSPS) is 26.0. The smallest absolute Gasteiger partial charge is 0.326 e. The molecule has 2 aliphatic heterocycles. The number of ketones is 1. The predicted molar refractivity (Wildman–Crippen MR) is 172 cm³/mol. The first-order valence-corrected chi connectivity index (χ1v) is 15.7. The first-order chi connectivity index (χ1) is 20.3. The molecule has 2 aromatic rings. The topological polar surface area (TPSA) is 75.1 Å². The molecule has 0 radical (unpaired) electrons. The fourth-order valence-corrected chi connectivity index (χ4v) is 6.60. The Balaban J connectivity index is 1.76. The van der Waals surface area contributed by atoms with Crippen LogP contribution in [0.5, 0.6) is 5.75 Å². The number of carbonyl (C=O) groups is 2. The second-order valence-corrected chi connectivity index (χ2v) is 13.7. The van der Waals surface area contributed by atoms with Gasteiger partial charge in [-0.2, -0.15) is 0 Å². The number of benzene rings is 1. The number of halogens is 2. The Kier molecular flexibility index (Phi) is 8.53. The monoisotopic (exact) mass is 622 g/mol. The van der Waals surface area contributed by atoms with Crippen molar-refractivity contribution in [2.75, 3.05) is 19.7 Å². The predicted octanol–water partition coefficient (Wildman–Crippen LogP) is 7.65. The molecule has 1 unspecified atom stereocenters. The number of aromatic nitrogens is 1. The van der Waals surface area contributed by atoms with Crippen molar-refractivity contribution in [1.29, 1.82) is 0 Å². The van der Waals surface area contributed by atoms with Gasteiger partial charge in [-0.3, -0.25) is 19.7 Å². The lowest BCUT2D eigenvalue weighted by Gasteiger charge is -2.49. The van der Waals surface area contributed by atoms with Gasteiger partial charge in [0.25, 0.3) is 0 Å². The summed E-state index contributed by atoms with van der Waals surface area (Å²) in [5, 5.41) is 1.29. The fourth-order valence-electron chi connectivity index (χ4n) is 6.31. The van der Waals surface area contributed by atoms with Crippen LogP contribution in [0.4, 0.5) is 4.79 Å². The minimum atomic E-state index is -0.954. The zero-order valence-electron chi connectivity index (χ0n) is 25.8. The van der Waals surface area contributed by atoms with Gasteiger partial charge in [0.15, 0.2) is 0 Å². The van der Waals surface area contributed by atoms with Gasteiger partial charge in [0, 0.05) is 65.3 Å². The number of piperidine rings is 1. The van der Waals surface area contributed by atoms with Gasteiger partial charge in [0.05, 0.1) is 23.2 Å². The van der Waals surface area contributed by atoms with Crippen molar-refractivity contribution in [1.82, 2.24) is 14.8 Å². The first-order valence-electron chi connectivity index (χ1n) is 14.9. The highest BCUT2D eigenvalue weighted by Gasteiger charge is 2.62. The van der Waals surface area contributed by atoms with Crippen LogP contribution in [0.2, 0.25) is 5.02 Å². The first kappa shape index (κ1) is 31.3. The van der Waals surface area contributed by atoms with Crippen molar-refractivity contribution < 1.29 is 14.3 Å². The summed E-state index contributed by atoms with van der Waals surface area (Å²) in [5.41, 5.74) is 0.435. The van der Waals surface area contributed by atoms with Crippen molar-refractivity contribution >= 4 is 40.9 Å². The minimum Gasteiger partial charge on any atom is -0.493 e. The van der Waals surface area contributed by atoms with E-state index in [0.717, 1.165) is 11.3 Å². The molecule has 2 amide bonds. The summed E-state index contributed by atoms with van der Waals surface area (Å²) < 4.78 is 6.21. The molecular formula is C34H40Cl2N4O3. The molecule has 7 nitrogen and oxygen atoms in total. The van der Waals surface area contributed by atoms with Gasteiger partial charge in [-0.15, -0.1) is 0 Å². The highest BCUT2D eigenvalue weighted by Crippen LogP contribution is 2.54. The van der Waals surface area contributed by atoms with E-state index in [1.165, 1.54) is 0 Å². The molecule has 0 saturated carbocycles. The van der Waals surface area contributed by atoms with Crippen LogP contribution in [0, 0.1) is 5.92 Å². The standard InChI is InChI=1S/C34H40Cl2N4O3/c1-7-43-28-20-29(32(2,3)4)37-21-27(28)30-38-33(5,22-8-12-24(35)13-9-22)34(6,23-10-14-25(36)15-11-23)40(30)31(42)39-18-16-26(41)17-19-39/h8,10-15,20-22H,7,9,16-19H2,1-6H3/t22?,33-,34+/m0/s1. The van der Waals surface area contributed by atoms with E-state index in [9.17, 15) is 9.59 Å². The van der Waals surface area contributed by atoms with Crippen LogP contribution < -0.4 is 4.74 Å². The van der Waals surface area contributed by atoms with Crippen LogP contribution in [-0.4, -0.2) is 57.7 Å². The van der Waals surface area contributed by atoms with Gasteiger partial charge >= 0.3 is 6.03 Å². The van der Waals surface area contributed by atoms with Crippen molar-refractivity contribution in [3.05, 3.63) is 81.6 Å². The number of ether oxygens (including phenoxy) is 1. The second-order valence-electron chi connectivity index (χ2n) is 12.8. The fraction of sp³-hybridized carbons (Fsp3) is 0.471. The lowest BCUT2D eigenvalue weighted by atomic mass is 9.66. The molecule has 9 heteroatoms. The number of rotatable bonds is 5. The number of aliphatic imine (C=N–C) groups is 1. The molecule has 1 aliphatic carbocycles. The Labute approximate surface area is 264 Å². The van der Waals surface area contributed by atoms with Gasteiger partial charge in [-0.1, -0.05) is 68.3 Å². The van der Waals surface area contributed by atoms with Crippen molar-refractivity contribution in [3.63, 3.8) is 0 Å². The van der Waals surface area contributed by atoms with Crippen LogP contribution in [0.1, 0.15) is 77.6 Å². The van der Waals surface area contributed by atoms with E-state index < -0.39 is 11.1 Å². The molecule has 43 heavy (non-hydrogen) atoms. The number of pyridine rings is 1. The molecule has 1 fully saturated rings. The number of likely N-dealkylation sites (tertiary alicyclic amines) is 1. The Morgan fingerprint density at radius 2 is 1.79 bits per heavy atom. The summed E-state index contributed by atoms with van der Waals surface area (Å²) in [7, 11) is 0. The van der Waals surface area contributed by atoms with Gasteiger partial charge in [-0.05, 0) is 51.0 Å². The van der Waals surface area contributed by atoms with Crippen molar-refractivity contribution in [3.8, 4) is 5.75 Å². The number of nitrogens with zero attached hydrogens (tertiary/aromatic N) is 4. The quantitative estimate of drug-likeness (QED) is 0.343. The molecule has 3 aliphatic rings. The van der Waals surface area contributed by atoms with Crippen molar-refractivity contribution in [2.24, 2.45) is 10.9 Å². The number of amides is 2. The zero-order chi connectivity index (χ0) is 31.2. The molecule has 1 saturated heterocycles. The molecule has 5 rings (SSSR count). The van der Waals surface area contributed by atoms with Crippen LogP contribution >= 0.6 is 23.2 Å². The van der Waals surface area contributed by atoms with E-state index in [4.69, 9.17) is 37.9 Å². The van der Waals surface area contributed by atoms with E-state index in [1.54, 1.807) is 11.1 Å². The lowest BCUT2D eigenvalue weighted by molar-refractivity contribution is -0.121. The molecule has 3 atom stereocenters. The van der Waals surface area contributed by atoms with Gasteiger partial charge in [0.1, 0.15) is 17.4 Å². The number of amidine groups is 1. The average Bonchev–Trinajstić information content (AvgIpc) is 3.21. The summed E-state index contributed by atoms with van der Waals surface area (Å²) in [6, 6.07) is 9.39. The maximum absolute atomic E-state index is 14.8. The highest BCUT2D eigenvalue weighted by atomic mass is 35.5. The minimum absolute atomic E-state index is 0.0798. The molecule has 1 aromatic carbocycles. The summed E-state index contributed by atoms with van der Waals surface area (Å²) in [6.45, 7) is 13.6. The number of Topliss-reactive ketones (excluding diaryl/α,β-unsaturated/α-hetero) is 1. The zero-order valence-corrected chi connectivity index (χ0v) is 27.3. The molecule has 0 bridgehead atoms. The Morgan fingerprint density at radius 3 is 2.37 bits per heavy atom. The third-order valence-corrected chi connectivity index (χ3v) is 9.66. The molecule has 228 valence electrons. The van der Waals surface area contributed by atoms with E-state index in [2.05, 4.69) is 40.7 Å². The van der Waals surface area contributed by atoms with Crippen LogP contribution in [-0.2, 0) is 15.7 Å². The van der Waals surface area contributed by atoms with Crippen LogP contribution in [0.3, 0.4) is 0 Å². The summed E-state index contributed by atoms with van der Waals surface area (Å²) in [4.78, 5) is 40.8. The van der Waals surface area contributed by atoms with Crippen LogP contribution in [0.25, 0.3) is 0 Å². The Morgan fingerprint density at radius 1 is 1.12 bits per heavy atom. The molecule has 0 N–H and O–H groups in total. The SMILES string of the molecule is CCOc1cc(C(C)(C)C)ncc1C1=N[C@@](C)(C2C=CC(Cl)=CC2)[C@@](C)(c2ccc(Cl)cc2)N1C(=O)N1CCC(=O)CC1. The number of allylic oxidation sites excluding steroid dienone is 3. The molecule has 0 spiro atoms. The molecule has 3 heterocycles. The van der Waals surface area contributed by atoms with E-state index in [1.807, 2.05) is 54.3 Å². The summed E-state index contributed by atoms with van der Waals surface area (Å²) >= 11 is 12.7. The van der Waals surface area contributed by atoms with Gasteiger partial charge in [0.2, 0.25) is 0 Å². The summed E-state index contributed by atoms with van der Waals surface area (Å²) in [6.07, 6.45) is 9.11. The van der Waals surface area contributed by atoms with E-state index in [-0.39, 0.29) is 23.1 Å². The maximum atomic E-state index is 14.8. The summed E-state index contributed by atoms with van der Waals surface area (Å²) in [5.74, 6) is 1.20. The van der Waals surface area contributed by atoms with Crippen molar-refractivity contribution in [2.45, 2.75) is 77.3 Å². The van der Waals surface area contributed by atoms with Gasteiger partial charge in [-0.25, -0.2) is 4.79 Å². The van der Waals surface area contributed by atoms with Gasteiger partial charge < -0.3 is 9.64 Å². The number of hydrogen-bond donors (Lipinski definition) is 0. The van der Waals surface area contributed by atoms with Crippen LogP contribution in [0.15, 0.2) is 64.8 Å². The second kappa shape index (κ2) is 11.7.